The van der Waals surface area contributed by atoms with Crippen molar-refractivity contribution in [3.8, 4) is 0 Å². The molecule has 5 nitrogen and oxygen atoms in total. The Morgan fingerprint density at radius 2 is 2.00 bits per heavy atom. The highest BCUT2D eigenvalue weighted by atomic mass is 16.4. The van der Waals surface area contributed by atoms with Gasteiger partial charge in [-0.3, -0.25) is 4.90 Å². The standard InChI is InChI=1S/C14H21N3O2/c1-10(13-6-5-11(2)18-13)7-8-17(4)9-14-16-15-12(3)19-14/h5-6,10H,7-9H2,1-4H3/t10-/m1/s1. The molecule has 19 heavy (non-hydrogen) atoms. The molecule has 2 aromatic rings. The lowest BCUT2D eigenvalue weighted by Crippen LogP contribution is -2.20. The molecular formula is C14H21N3O2. The third-order valence-electron chi connectivity index (χ3n) is 3.16. The van der Waals surface area contributed by atoms with Crippen LogP contribution in [0.1, 0.15) is 42.6 Å². The second-order valence-electron chi connectivity index (χ2n) is 5.09. The second kappa shape index (κ2) is 6.02. The maximum absolute atomic E-state index is 5.64. The molecule has 0 aliphatic carbocycles. The Hall–Kier alpha value is -1.62. The summed E-state index contributed by atoms with van der Waals surface area (Å²) in [6.07, 6.45) is 1.04. The van der Waals surface area contributed by atoms with Crippen molar-refractivity contribution in [3.05, 3.63) is 35.4 Å². The summed E-state index contributed by atoms with van der Waals surface area (Å²) in [6.45, 7) is 7.61. The number of aryl methyl sites for hydroxylation is 2. The van der Waals surface area contributed by atoms with Crippen LogP contribution >= 0.6 is 0 Å². The fourth-order valence-corrected chi connectivity index (χ4v) is 1.99. The fraction of sp³-hybridized carbons (Fsp3) is 0.571. The minimum absolute atomic E-state index is 0.417. The van der Waals surface area contributed by atoms with Gasteiger partial charge in [-0.1, -0.05) is 6.92 Å². The molecular weight excluding hydrogens is 242 g/mol. The van der Waals surface area contributed by atoms with Gasteiger partial charge in [-0.25, -0.2) is 0 Å². The molecule has 0 aliphatic rings. The van der Waals surface area contributed by atoms with Crippen LogP contribution < -0.4 is 0 Å². The van der Waals surface area contributed by atoms with Crippen molar-refractivity contribution < 1.29 is 8.83 Å². The summed E-state index contributed by atoms with van der Waals surface area (Å²) in [7, 11) is 2.06. The van der Waals surface area contributed by atoms with Gasteiger partial charge >= 0.3 is 0 Å². The van der Waals surface area contributed by atoms with Gasteiger partial charge in [0.05, 0.1) is 6.54 Å². The lowest BCUT2D eigenvalue weighted by molar-refractivity contribution is 0.272. The van der Waals surface area contributed by atoms with Crippen molar-refractivity contribution in [2.45, 2.75) is 39.7 Å². The molecule has 2 rings (SSSR count). The van der Waals surface area contributed by atoms with Gasteiger partial charge in [0.25, 0.3) is 0 Å². The maximum atomic E-state index is 5.64. The predicted molar refractivity (Wildman–Crippen MR) is 71.8 cm³/mol. The first-order valence-corrected chi connectivity index (χ1v) is 6.58. The van der Waals surface area contributed by atoms with E-state index >= 15 is 0 Å². The fourth-order valence-electron chi connectivity index (χ4n) is 1.99. The first kappa shape index (κ1) is 13.8. The van der Waals surface area contributed by atoms with Crippen molar-refractivity contribution in [3.63, 3.8) is 0 Å². The average Bonchev–Trinajstić information content (AvgIpc) is 2.95. The molecule has 104 valence electrons. The SMILES string of the molecule is Cc1ccc([C@H](C)CCN(C)Cc2nnc(C)o2)o1. The van der Waals surface area contributed by atoms with Crippen LogP contribution in [0.3, 0.4) is 0 Å². The highest BCUT2D eigenvalue weighted by Crippen LogP contribution is 2.21. The van der Waals surface area contributed by atoms with E-state index in [1.807, 2.05) is 13.0 Å². The van der Waals surface area contributed by atoms with Crippen molar-refractivity contribution in [1.29, 1.82) is 0 Å². The lowest BCUT2D eigenvalue weighted by Gasteiger charge is -2.16. The van der Waals surface area contributed by atoms with E-state index in [9.17, 15) is 0 Å². The van der Waals surface area contributed by atoms with Crippen LogP contribution in [0.2, 0.25) is 0 Å². The second-order valence-corrected chi connectivity index (χ2v) is 5.09. The zero-order valence-corrected chi connectivity index (χ0v) is 12.0. The van der Waals surface area contributed by atoms with E-state index in [4.69, 9.17) is 8.83 Å². The molecule has 0 bridgehead atoms. The summed E-state index contributed by atoms with van der Waals surface area (Å²) in [5.41, 5.74) is 0. The van der Waals surface area contributed by atoms with Crippen molar-refractivity contribution in [2.75, 3.05) is 13.6 Å². The summed E-state index contributed by atoms with van der Waals surface area (Å²) >= 11 is 0. The number of nitrogens with zero attached hydrogens (tertiary/aromatic N) is 3. The maximum Gasteiger partial charge on any atom is 0.230 e. The number of rotatable bonds is 6. The van der Waals surface area contributed by atoms with Crippen molar-refractivity contribution in [1.82, 2.24) is 15.1 Å². The first-order valence-electron chi connectivity index (χ1n) is 6.58. The van der Waals surface area contributed by atoms with Crippen LogP contribution in [0.4, 0.5) is 0 Å². The highest BCUT2D eigenvalue weighted by molar-refractivity contribution is 5.09. The quantitative estimate of drug-likeness (QED) is 0.802. The van der Waals surface area contributed by atoms with Gasteiger partial charge in [0.15, 0.2) is 0 Å². The molecule has 5 heteroatoms. The predicted octanol–water partition coefficient (Wildman–Crippen LogP) is 2.91. The molecule has 0 unspecified atom stereocenters. The van der Waals surface area contributed by atoms with Crippen LogP contribution in [0, 0.1) is 13.8 Å². The lowest BCUT2D eigenvalue weighted by atomic mass is 10.1. The van der Waals surface area contributed by atoms with Crippen LogP contribution in [-0.2, 0) is 6.54 Å². The van der Waals surface area contributed by atoms with Crippen LogP contribution in [0.15, 0.2) is 21.0 Å². The van der Waals surface area contributed by atoms with Gasteiger partial charge in [0.1, 0.15) is 11.5 Å². The van der Waals surface area contributed by atoms with E-state index in [-0.39, 0.29) is 0 Å². The Balaban J connectivity index is 1.78. The Kier molecular flexibility index (Phi) is 4.37. The van der Waals surface area contributed by atoms with Crippen LogP contribution in [0.5, 0.6) is 0 Å². The Labute approximate surface area is 113 Å². The van der Waals surface area contributed by atoms with Gasteiger partial charge < -0.3 is 8.83 Å². The zero-order chi connectivity index (χ0) is 13.8. The monoisotopic (exact) mass is 263 g/mol. The molecule has 0 fully saturated rings. The summed E-state index contributed by atoms with van der Waals surface area (Å²) in [5, 5.41) is 7.82. The van der Waals surface area contributed by atoms with E-state index in [2.05, 4.69) is 35.1 Å². The molecule has 0 N–H and O–H groups in total. The third-order valence-corrected chi connectivity index (χ3v) is 3.16. The highest BCUT2D eigenvalue weighted by Gasteiger charge is 2.12. The Bertz CT molecular complexity index is 518. The van der Waals surface area contributed by atoms with Crippen LogP contribution in [0.25, 0.3) is 0 Å². The van der Waals surface area contributed by atoms with Gasteiger partial charge in [-0.05, 0) is 39.1 Å². The van der Waals surface area contributed by atoms with E-state index in [1.165, 1.54) is 0 Å². The van der Waals surface area contributed by atoms with E-state index in [0.29, 0.717) is 24.2 Å². The molecule has 0 radical (unpaired) electrons. The molecule has 2 heterocycles. The third kappa shape index (κ3) is 3.92. The van der Waals surface area contributed by atoms with Gasteiger partial charge in [-0.15, -0.1) is 10.2 Å². The number of aromatic nitrogens is 2. The Morgan fingerprint density at radius 1 is 1.21 bits per heavy atom. The number of furan rings is 1. The average molecular weight is 263 g/mol. The largest absolute Gasteiger partial charge is 0.466 e. The first-order chi connectivity index (χ1) is 9.04. The number of hydrogen-bond acceptors (Lipinski definition) is 5. The molecule has 2 aromatic heterocycles. The topological polar surface area (TPSA) is 55.3 Å². The molecule has 0 saturated heterocycles. The molecule has 0 spiro atoms. The normalized spacial score (nSPS) is 13.1. The molecule has 0 amide bonds. The van der Waals surface area contributed by atoms with E-state index in [1.54, 1.807) is 6.92 Å². The molecule has 0 aromatic carbocycles. The minimum atomic E-state index is 0.417. The van der Waals surface area contributed by atoms with Gasteiger partial charge in [-0.2, -0.15) is 0 Å². The van der Waals surface area contributed by atoms with E-state index in [0.717, 1.165) is 24.5 Å². The van der Waals surface area contributed by atoms with Crippen LogP contribution in [-0.4, -0.2) is 28.7 Å². The minimum Gasteiger partial charge on any atom is -0.466 e. The van der Waals surface area contributed by atoms with Crippen molar-refractivity contribution >= 4 is 0 Å². The molecule has 1 atom stereocenters. The molecule has 0 aliphatic heterocycles. The summed E-state index contributed by atoms with van der Waals surface area (Å²) in [4.78, 5) is 2.18. The van der Waals surface area contributed by atoms with Gasteiger partial charge in [0, 0.05) is 12.8 Å². The summed E-state index contributed by atoms with van der Waals surface area (Å²) in [6, 6.07) is 4.07. The molecule has 0 saturated carbocycles. The summed E-state index contributed by atoms with van der Waals surface area (Å²) in [5.74, 6) is 3.72. The zero-order valence-electron chi connectivity index (χ0n) is 12.0. The number of hydrogen-bond donors (Lipinski definition) is 0. The van der Waals surface area contributed by atoms with E-state index < -0.39 is 0 Å². The van der Waals surface area contributed by atoms with Gasteiger partial charge in [0.2, 0.25) is 11.8 Å². The summed E-state index contributed by atoms with van der Waals surface area (Å²) < 4.78 is 11.0. The smallest absolute Gasteiger partial charge is 0.230 e. The van der Waals surface area contributed by atoms with Crippen molar-refractivity contribution in [2.24, 2.45) is 0 Å². The Morgan fingerprint density at radius 3 is 2.58 bits per heavy atom.